The number of hydrogen-bond donors (Lipinski definition) is 1. The molecular formula is C18H19IN6O3. The molecule has 0 radical (unpaired) electrons. The second-order valence-corrected chi connectivity index (χ2v) is 6.87. The number of nitrogen functional groups attached to an aromatic ring is 1. The van der Waals surface area contributed by atoms with Gasteiger partial charge in [-0.15, -0.1) is 5.10 Å². The molecule has 0 saturated carbocycles. The standard InChI is InChI=1S/C18H19IN6O3/c1-3-27-18(26)12-4-6-14(7-5-12)28-10-15-16(19)25(24-23-15)9-13-8-21-11(2)22-17(13)20/h4-8H,3,9-10H2,1-2H3,(H2,20,21,22). The highest BCUT2D eigenvalue weighted by atomic mass is 127. The Morgan fingerprint density at radius 1 is 1.29 bits per heavy atom. The molecule has 0 atom stereocenters. The van der Waals surface area contributed by atoms with Crippen molar-refractivity contribution < 1.29 is 14.3 Å². The van der Waals surface area contributed by atoms with Crippen LogP contribution < -0.4 is 10.5 Å². The summed E-state index contributed by atoms with van der Waals surface area (Å²) in [6, 6.07) is 6.76. The highest BCUT2D eigenvalue weighted by Gasteiger charge is 2.13. The zero-order valence-electron chi connectivity index (χ0n) is 15.4. The van der Waals surface area contributed by atoms with E-state index in [4.69, 9.17) is 15.2 Å². The summed E-state index contributed by atoms with van der Waals surface area (Å²) in [6.07, 6.45) is 1.69. The largest absolute Gasteiger partial charge is 0.487 e. The fraction of sp³-hybridized carbons (Fsp3) is 0.278. The summed E-state index contributed by atoms with van der Waals surface area (Å²) in [6.45, 7) is 4.56. The molecule has 10 heteroatoms. The molecule has 3 rings (SSSR count). The number of halogens is 1. The first kappa shape index (κ1) is 20.0. The van der Waals surface area contributed by atoms with Gasteiger partial charge in [-0.1, -0.05) is 5.21 Å². The predicted molar refractivity (Wildman–Crippen MR) is 110 cm³/mol. The summed E-state index contributed by atoms with van der Waals surface area (Å²) in [7, 11) is 0. The second kappa shape index (κ2) is 8.95. The van der Waals surface area contributed by atoms with Crippen LogP contribution in [0.4, 0.5) is 5.82 Å². The number of aromatic nitrogens is 5. The van der Waals surface area contributed by atoms with E-state index in [9.17, 15) is 4.79 Å². The van der Waals surface area contributed by atoms with Gasteiger partial charge in [0.15, 0.2) is 0 Å². The molecule has 0 spiro atoms. The average Bonchev–Trinajstić information content (AvgIpc) is 3.02. The van der Waals surface area contributed by atoms with E-state index in [0.29, 0.717) is 41.8 Å². The van der Waals surface area contributed by atoms with Crippen molar-refractivity contribution in [2.24, 2.45) is 0 Å². The molecule has 0 aliphatic heterocycles. The number of benzene rings is 1. The van der Waals surface area contributed by atoms with Gasteiger partial charge in [0.25, 0.3) is 0 Å². The lowest BCUT2D eigenvalue weighted by Crippen LogP contribution is -2.09. The van der Waals surface area contributed by atoms with Gasteiger partial charge in [-0.3, -0.25) is 0 Å². The molecule has 0 unspecified atom stereocenters. The van der Waals surface area contributed by atoms with Crippen molar-refractivity contribution in [3.8, 4) is 5.75 Å². The molecule has 2 heterocycles. The number of rotatable bonds is 7. The van der Waals surface area contributed by atoms with Gasteiger partial charge in [-0.25, -0.2) is 19.4 Å². The summed E-state index contributed by atoms with van der Waals surface area (Å²) in [5, 5.41) is 8.32. The van der Waals surface area contributed by atoms with E-state index in [-0.39, 0.29) is 12.6 Å². The van der Waals surface area contributed by atoms with Crippen molar-refractivity contribution in [1.82, 2.24) is 25.0 Å². The minimum Gasteiger partial charge on any atom is -0.487 e. The first-order valence-electron chi connectivity index (χ1n) is 8.53. The Hall–Kier alpha value is -2.76. The van der Waals surface area contributed by atoms with E-state index in [1.54, 1.807) is 49.0 Å². The molecule has 0 saturated heterocycles. The number of esters is 1. The zero-order chi connectivity index (χ0) is 20.1. The van der Waals surface area contributed by atoms with Crippen molar-refractivity contribution in [2.45, 2.75) is 27.0 Å². The van der Waals surface area contributed by atoms with Crippen LogP contribution in [0.25, 0.3) is 0 Å². The number of carbonyl (C=O) groups is 1. The Labute approximate surface area is 175 Å². The normalized spacial score (nSPS) is 10.7. The predicted octanol–water partition coefficient (Wildman–Crippen LogP) is 2.37. The van der Waals surface area contributed by atoms with Crippen molar-refractivity contribution >= 4 is 34.4 Å². The van der Waals surface area contributed by atoms with Crippen LogP contribution in [-0.4, -0.2) is 37.5 Å². The summed E-state index contributed by atoms with van der Waals surface area (Å²) in [5.41, 5.74) is 7.89. The van der Waals surface area contributed by atoms with Crippen LogP contribution in [0.5, 0.6) is 5.75 Å². The minimum atomic E-state index is -0.356. The molecule has 9 nitrogen and oxygen atoms in total. The van der Waals surface area contributed by atoms with Gasteiger partial charge in [0.2, 0.25) is 0 Å². The molecular weight excluding hydrogens is 475 g/mol. The average molecular weight is 494 g/mol. The Balaban J connectivity index is 1.63. The third-order valence-corrected chi connectivity index (χ3v) is 5.00. The quantitative estimate of drug-likeness (QED) is 0.393. The Bertz CT molecular complexity index is 974. The maximum Gasteiger partial charge on any atom is 0.338 e. The molecule has 2 aromatic heterocycles. The van der Waals surface area contributed by atoms with Gasteiger partial charge in [0.05, 0.1) is 18.7 Å². The number of carbonyl (C=O) groups excluding carboxylic acids is 1. The van der Waals surface area contributed by atoms with Crippen molar-refractivity contribution in [3.63, 3.8) is 0 Å². The third kappa shape index (κ3) is 4.74. The second-order valence-electron chi connectivity index (χ2n) is 5.85. The lowest BCUT2D eigenvalue weighted by molar-refractivity contribution is 0.0526. The fourth-order valence-corrected chi connectivity index (χ4v) is 2.91. The summed E-state index contributed by atoms with van der Waals surface area (Å²) >= 11 is 2.16. The maximum atomic E-state index is 11.7. The van der Waals surface area contributed by atoms with E-state index >= 15 is 0 Å². The Morgan fingerprint density at radius 2 is 2.04 bits per heavy atom. The van der Waals surface area contributed by atoms with Gasteiger partial charge < -0.3 is 15.2 Å². The van der Waals surface area contributed by atoms with Crippen LogP contribution in [0.15, 0.2) is 30.5 Å². The SMILES string of the molecule is CCOC(=O)c1ccc(OCc2nnn(Cc3cnc(C)nc3N)c2I)cc1. The van der Waals surface area contributed by atoms with Gasteiger partial charge in [0.1, 0.15) is 33.4 Å². The topological polar surface area (TPSA) is 118 Å². The summed E-state index contributed by atoms with van der Waals surface area (Å²) < 4.78 is 13.3. The molecule has 2 N–H and O–H groups in total. The van der Waals surface area contributed by atoms with Crippen LogP contribution in [0.3, 0.4) is 0 Å². The van der Waals surface area contributed by atoms with Gasteiger partial charge >= 0.3 is 5.97 Å². The zero-order valence-corrected chi connectivity index (χ0v) is 17.6. The fourth-order valence-electron chi connectivity index (χ4n) is 2.38. The Morgan fingerprint density at radius 3 is 2.71 bits per heavy atom. The first-order chi connectivity index (χ1) is 13.5. The van der Waals surface area contributed by atoms with Gasteiger partial charge in [-0.2, -0.15) is 0 Å². The number of hydrogen-bond acceptors (Lipinski definition) is 8. The monoisotopic (exact) mass is 494 g/mol. The molecule has 0 bridgehead atoms. The van der Waals surface area contributed by atoms with E-state index in [1.807, 2.05) is 0 Å². The number of ether oxygens (including phenoxy) is 2. The molecule has 146 valence electrons. The van der Waals surface area contributed by atoms with Crippen LogP contribution in [0.1, 0.15) is 34.4 Å². The van der Waals surface area contributed by atoms with Crippen LogP contribution in [0.2, 0.25) is 0 Å². The first-order valence-corrected chi connectivity index (χ1v) is 9.61. The molecule has 28 heavy (non-hydrogen) atoms. The number of anilines is 1. The molecule has 1 aromatic carbocycles. The molecule has 0 aliphatic rings. The Kier molecular flexibility index (Phi) is 6.39. The molecule has 0 aliphatic carbocycles. The third-order valence-electron chi connectivity index (χ3n) is 3.82. The van der Waals surface area contributed by atoms with E-state index in [1.165, 1.54) is 0 Å². The van der Waals surface area contributed by atoms with E-state index in [0.717, 1.165) is 9.26 Å². The highest BCUT2D eigenvalue weighted by Crippen LogP contribution is 2.18. The summed E-state index contributed by atoms with van der Waals surface area (Å²) in [5.74, 6) is 1.32. The molecule has 0 amide bonds. The number of nitrogens with zero attached hydrogens (tertiary/aromatic N) is 5. The lowest BCUT2D eigenvalue weighted by atomic mass is 10.2. The van der Waals surface area contributed by atoms with Gasteiger partial charge in [-0.05, 0) is 60.7 Å². The molecule has 3 aromatic rings. The van der Waals surface area contributed by atoms with Crippen LogP contribution in [0, 0.1) is 10.6 Å². The lowest BCUT2D eigenvalue weighted by Gasteiger charge is -2.07. The van der Waals surface area contributed by atoms with E-state index < -0.39 is 0 Å². The van der Waals surface area contributed by atoms with Crippen molar-refractivity contribution in [3.05, 3.63) is 56.8 Å². The highest BCUT2D eigenvalue weighted by molar-refractivity contribution is 14.1. The smallest absolute Gasteiger partial charge is 0.338 e. The van der Waals surface area contributed by atoms with E-state index in [2.05, 4.69) is 42.9 Å². The molecule has 0 fully saturated rings. The maximum absolute atomic E-state index is 11.7. The van der Waals surface area contributed by atoms with Crippen LogP contribution in [-0.2, 0) is 17.9 Å². The van der Waals surface area contributed by atoms with Crippen molar-refractivity contribution in [2.75, 3.05) is 12.3 Å². The minimum absolute atomic E-state index is 0.247. The van der Waals surface area contributed by atoms with Crippen molar-refractivity contribution in [1.29, 1.82) is 0 Å². The van der Waals surface area contributed by atoms with Crippen LogP contribution >= 0.6 is 22.6 Å². The summed E-state index contributed by atoms with van der Waals surface area (Å²) in [4.78, 5) is 20.0. The number of nitrogens with two attached hydrogens (primary N) is 1. The van der Waals surface area contributed by atoms with Gasteiger partial charge in [0, 0.05) is 11.8 Å². The number of aryl methyl sites for hydroxylation is 1.